The van der Waals surface area contributed by atoms with Gasteiger partial charge in [0.25, 0.3) is 0 Å². The van der Waals surface area contributed by atoms with Gasteiger partial charge in [-0.05, 0) is 12.5 Å². The number of fused-ring (bicyclic) bond motifs is 1. The average Bonchev–Trinajstić information content (AvgIpc) is 2.20. The Morgan fingerprint density at radius 2 is 2.00 bits per heavy atom. The minimum atomic E-state index is -0.417. The van der Waals surface area contributed by atoms with Crippen molar-refractivity contribution in [3.63, 3.8) is 0 Å². The standard InChI is InChI=1S/C12H12O4/c1-2-3-7-4-9-10(14)5-8(13)6-11(9)16-12(7)15/h4-6,13-14H,2-3H2,1H3. The predicted octanol–water partition coefficient (Wildman–Crippen LogP) is 2.16. The lowest BCUT2D eigenvalue weighted by molar-refractivity contribution is 0.450. The van der Waals surface area contributed by atoms with Crippen molar-refractivity contribution in [3.05, 3.63) is 34.2 Å². The van der Waals surface area contributed by atoms with Gasteiger partial charge in [0, 0.05) is 17.7 Å². The number of benzene rings is 1. The molecule has 0 atom stereocenters. The van der Waals surface area contributed by atoms with Gasteiger partial charge in [0.1, 0.15) is 17.1 Å². The van der Waals surface area contributed by atoms with E-state index in [0.717, 1.165) is 6.42 Å². The fourth-order valence-corrected chi connectivity index (χ4v) is 1.67. The van der Waals surface area contributed by atoms with E-state index in [1.165, 1.54) is 12.1 Å². The molecule has 4 nitrogen and oxygen atoms in total. The fourth-order valence-electron chi connectivity index (χ4n) is 1.67. The average molecular weight is 220 g/mol. The number of hydrogen-bond acceptors (Lipinski definition) is 4. The molecule has 0 bridgehead atoms. The van der Waals surface area contributed by atoms with Crippen LogP contribution in [0.5, 0.6) is 11.5 Å². The first-order chi connectivity index (χ1) is 7.61. The molecule has 0 saturated heterocycles. The van der Waals surface area contributed by atoms with E-state index < -0.39 is 5.63 Å². The fraction of sp³-hybridized carbons (Fsp3) is 0.250. The van der Waals surface area contributed by atoms with E-state index in [4.69, 9.17) is 4.42 Å². The summed E-state index contributed by atoms with van der Waals surface area (Å²) in [6.07, 6.45) is 1.44. The van der Waals surface area contributed by atoms with Crippen molar-refractivity contribution < 1.29 is 14.6 Å². The first-order valence-electron chi connectivity index (χ1n) is 5.10. The highest BCUT2D eigenvalue weighted by Gasteiger charge is 2.09. The Morgan fingerprint density at radius 1 is 1.25 bits per heavy atom. The summed E-state index contributed by atoms with van der Waals surface area (Å²) >= 11 is 0. The second-order valence-electron chi connectivity index (χ2n) is 3.69. The molecule has 0 unspecified atom stereocenters. The third kappa shape index (κ3) is 1.74. The molecule has 1 aromatic carbocycles. The first kappa shape index (κ1) is 10.5. The van der Waals surface area contributed by atoms with Crippen molar-refractivity contribution in [2.75, 3.05) is 0 Å². The maximum atomic E-state index is 11.5. The molecule has 0 aliphatic rings. The highest BCUT2D eigenvalue weighted by Crippen LogP contribution is 2.29. The van der Waals surface area contributed by atoms with Crippen LogP contribution < -0.4 is 5.63 Å². The predicted molar refractivity (Wildman–Crippen MR) is 59.8 cm³/mol. The van der Waals surface area contributed by atoms with E-state index >= 15 is 0 Å². The molecule has 0 aliphatic heterocycles. The van der Waals surface area contributed by atoms with Crippen LogP contribution in [0.1, 0.15) is 18.9 Å². The van der Waals surface area contributed by atoms with Gasteiger partial charge < -0.3 is 14.6 Å². The molecule has 2 aromatic rings. The summed E-state index contributed by atoms with van der Waals surface area (Å²) < 4.78 is 5.03. The van der Waals surface area contributed by atoms with E-state index in [2.05, 4.69) is 0 Å². The number of phenols is 2. The molecule has 0 saturated carbocycles. The van der Waals surface area contributed by atoms with Crippen LogP contribution in [0.4, 0.5) is 0 Å². The molecule has 4 heteroatoms. The number of phenolic OH excluding ortho intramolecular Hbond substituents is 2. The normalized spacial score (nSPS) is 10.8. The second kappa shape index (κ2) is 3.89. The molecule has 1 aromatic heterocycles. The zero-order valence-electron chi connectivity index (χ0n) is 8.86. The largest absolute Gasteiger partial charge is 0.508 e. The summed E-state index contributed by atoms with van der Waals surface area (Å²) in [5.41, 5.74) is 0.317. The maximum Gasteiger partial charge on any atom is 0.339 e. The Kier molecular flexibility index (Phi) is 2.56. The van der Waals surface area contributed by atoms with Gasteiger partial charge in [-0.25, -0.2) is 4.79 Å². The summed E-state index contributed by atoms with van der Waals surface area (Å²) in [5.74, 6) is -0.215. The van der Waals surface area contributed by atoms with Crippen LogP contribution in [0.3, 0.4) is 0 Å². The first-order valence-corrected chi connectivity index (χ1v) is 5.10. The number of aryl methyl sites for hydroxylation is 1. The van der Waals surface area contributed by atoms with Gasteiger partial charge in [0.15, 0.2) is 0 Å². The Balaban J connectivity index is 2.74. The van der Waals surface area contributed by atoms with E-state index in [1.54, 1.807) is 6.07 Å². The van der Waals surface area contributed by atoms with Gasteiger partial charge in [-0.15, -0.1) is 0 Å². The Bertz CT molecular complexity index is 583. The van der Waals surface area contributed by atoms with E-state index in [1.807, 2.05) is 6.92 Å². The van der Waals surface area contributed by atoms with Gasteiger partial charge in [0.2, 0.25) is 0 Å². The lowest BCUT2D eigenvalue weighted by Crippen LogP contribution is -2.06. The minimum absolute atomic E-state index is 0.0869. The van der Waals surface area contributed by atoms with Crippen LogP contribution in [0.15, 0.2) is 27.4 Å². The summed E-state index contributed by atoms with van der Waals surface area (Å²) in [6.45, 7) is 1.96. The Morgan fingerprint density at radius 3 is 2.69 bits per heavy atom. The highest BCUT2D eigenvalue weighted by molar-refractivity contribution is 5.85. The second-order valence-corrected chi connectivity index (χ2v) is 3.69. The lowest BCUT2D eigenvalue weighted by atomic mass is 10.1. The smallest absolute Gasteiger partial charge is 0.339 e. The minimum Gasteiger partial charge on any atom is -0.508 e. The van der Waals surface area contributed by atoms with Gasteiger partial charge in [-0.2, -0.15) is 0 Å². The summed E-state index contributed by atoms with van der Waals surface area (Å²) in [5, 5.41) is 19.3. The topological polar surface area (TPSA) is 70.7 Å². The van der Waals surface area contributed by atoms with E-state index in [9.17, 15) is 15.0 Å². The number of aromatic hydroxyl groups is 2. The molecule has 1 heterocycles. The molecule has 0 aliphatic carbocycles. The van der Waals surface area contributed by atoms with Gasteiger partial charge in [-0.3, -0.25) is 0 Å². The zero-order chi connectivity index (χ0) is 11.7. The van der Waals surface area contributed by atoms with Crippen LogP contribution in [0.2, 0.25) is 0 Å². The third-order valence-electron chi connectivity index (χ3n) is 2.41. The SMILES string of the molecule is CCCc1cc2c(O)cc(O)cc2oc1=O. The van der Waals surface area contributed by atoms with Crippen LogP contribution in [0.25, 0.3) is 11.0 Å². The molecule has 2 N–H and O–H groups in total. The molecule has 2 rings (SSSR count). The van der Waals surface area contributed by atoms with Crippen molar-refractivity contribution in [2.45, 2.75) is 19.8 Å². The lowest BCUT2D eigenvalue weighted by Gasteiger charge is -2.03. The monoisotopic (exact) mass is 220 g/mol. The molecular formula is C12H12O4. The van der Waals surface area contributed by atoms with Crippen LogP contribution in [-0.2, 0) is 6.42 Å². The van der Waals surface area contributed by atoms with Gasteiger partial charge in [-0.1, -0.05) is 13.3 Å². The van der Waals surface area contributed by atoms with E-state index in [-0.39, 0.29) is 17.1 Å². The maximum absolute atomic E-state index is 11.5. The number of rotatable bonds is 2. The Labute approximate surface area is 91.8 Å². The van der Waals surface area contributed by atoms with Crippen LogP contribution >= 0.6 is 0 Å². The van der Waals surface area contributed by atoms with Crippen molar-refractivity contribution in [1.29, 1.82) is 0 Å². The number of hydrogen-bond donors (Lipinski definition) is 2. The summed E-state index contributed by atoms with van der Waals surface area (Å²) in [7, 11) is 0. The highest BCUT2D eigenvalue weighted by atomic mass is 16.4. The Hall–Kier alpha value is -1.97. The van der Waals surface area contributed by atoms with Gasteiger partial charge >= 0.3 is 5.63 Å². The van der Waals surface area contributed by atoms with Crippen molar-refractivity contribution >= 4 is 11.0 Å². The molecule has 0 spiro atoms. The molecular weight excluding hydrogens is 208 g/mol. The third-order valence-corrected chi connectivity index (χ3v) is 2.41. The van der Waals surface area contributed by atoms with Crippen LogP contribution in [-0.4, -0.2) is 10.2 Å². The molecule has 0 amide bonds. The van der Waals surface area contributed by atoms with Crippen LogP contribution in [0, 0.1) is 0 Å². The van der Waals surface area contributed by atoms with E-state index in [0.29, 0.717) is 17.4 Å². The molecule has 16 heavy (non-hydrogen) atoms. The quantitative estimate of drug-likeness (QED) is 0.761. The van der Waals surface area contributed by atoms with Crippen molar-refractivity contribution in [1.82, 2.24) is 0 Å². The van der Waals surface area contributed by atoms with Gasteiger partial charge in [0.05, 0.1) is 5.39 Å². The van der Waals surface area contributed by atoms with Crippen molar-refractivity contribution in [3.8, 4) is 11.5 Å². The molecule has 84 valence electrons. The zero-order valence-corrected chi connectivity index (χ0v) is 8.86. The molecule has 0 fully saturated rings. The molecule has 0 radical (unpaired) electrons. The van der Waals surface area contributed by atoms with Crippen molar-refractivity contribution in [2.24, 2.45) is 0 Å². The summed E-state index contributed by atoms with van der Waals surface area (Å²) in [6, 6.07) is 4.14. The summed E-state index contributed by atoms with van der Waals surface area (Å²) in [4.78, 5) is 11.5.